The van der Waals surface area contributed by atoms with E-state index in [0.29, 0.717) is 0 Å². The van der Waals surface area contributed by atoms with Gasteiger partial charge in [-0.05, 0) is 6.42 Å². The summed E-state index contributed by atoms with van der Waals surface area (Å²) in [6.07, 6.45) is -1.23. The number of aliphatic hydroxyl groups excluding tert-OH is 2. The van der Waals surface area contributed by atoms with Crippen LogP contribution in [0.4, 0.5) is 0 Å². The molecule has 0 aromatic heterocycles. The highest BCUT2D eigenvalue weighted by atomic mass is 16.7. The standard InChI is InChI=1S/C4H9NO4/c6-3-1-2-4(7)5(8)9/h4,6-7H,1-3H2. The molecule has 0 radical (unpaired) electrons. The van der Waals surface area contributed by atoms with E-state index in [-0.39, 0.29) is 19.4 Å². The zero-order valence-electron chi connectivity index (χ0n) is 4.86. The molecule has 0 aliphatic rings. The third kappa shape index (κ3) is 3.87. The topological polar surface area (TPSA) is 83.6 Å². The Hall–Kier alpha value is -0.680. The van der Waals surface area contributed by atoms with Crippen LogP contribution in [0, 0.1) is 10.1 Å². The maximum absolute atomic E-state index is 9.68. The Labute approximate surface area is 52.1 Å². The fraction of sp³-hybridized carbons (Fsp3) is 1.00. The van der Waals surface area contributed by atoms with Crippen LogP contribution in [0.3, 0.4) is 0 Å². The maximum atomic E-state index is 9.68. The number of hydrogen-bond donors (Lipinski definition) is 2. The van der Waals surface area contributed by atoms with Crippen molar-refractivity contribution in [1.82, 2.24) is 0 Å². The third-order valence-corrected chi connectivity index (χ3v) is 0.864. The van der Waals surface area contributed by atoms with Crippen molar-refractivity contribution in [3.63, 3.8) is 0 Å². The van der Waals surface area contributed by atoms with Crippen molar-refractivity contribution < 1.29 is 15.1 Å². The molecule has 0 aromatic carbocycles. The average Bonchev–Trinajstić information content (AvgIpc) is 1.82. The first kappa shape index (κ1) is 8.32. The summed E-state index contributed by atoms with van der Waals surface area (Å²) in [6.45, 7) is -0.120. The molecule has 0 saturated carbocycles. The van der Waals surface area contributed by atoms with Crippen molar-refractivity contribution in [2.45, 2.75) is 19.1 Å². The Balaban J connectivity index is 3.27. The van der Waals surface area contributed by atoms with E-state index in [1.165, 1.54) is 0 Å². The molecule has 1 unspecified atom stereocenters. The van der Waals surface area contributed by atoms with Gasteiger partial charge in [0.05, 0.1) is 4.92 Å². The fourth-order valence-electron chi connectivity index (χ4n) is 0.379. The van der Waals surface area contributed by atoms with Crippen molar-refractivity contribution in [3.8, 4) is 0 Å². The van der Waals surface area contributed by atoms with Crippen molar-refractivity contribution in [1.29, 1.82) is 0 Å². The van der Waals surface area contributed by atoms with Gasteiger partial charge in [-0.15, -0.1) is 0 Å². The van der Waals surface area contributed by atoms with Gasteiger partial charge in [0.2, 0.25) is 0 Å². The zero-order valence-corrected chi connectivity index (χ0v) is 4.86. The summed E-state index contributed by atoms with van der Waals surface area (Å²) >= 11 is 0. The van der Waals surface area contributed by atoms with Crippen LogP contribution in [0.15, 0.2) is 0 Å². The molecule has 0 aromatic rings. The van der Waals surface area contributed by atoms with Crippen LogP contribution in [-0.2, 0) is 0 Å². The first-order valence-electron chi connectivity index (χ1n) is 2.61. The van der Waals surface area contributed by atoms with E-state index in [9.17, 15) is 10.1 Å². The normalized spacial score (nSPS) is 13.1. The second-order valence-corrected chi connectivity index (χ2v) is 1.63. The lowest BCUT2D eigenvalue weighted by atomic mass is 10.3. The molecule has 0 rings (SSSR count). The SMILES string of the molecule is O=[N+]([O-])C(O)CCCO. The van der Waals surface area contributed by atoms with Crippen molar-refractivity contribution in [2.75, 3.05) is 6.61 Å². The van der Waals surface area contributed by atoms with Crippen molar-refractivity contribution >= 4 is 0 Å². The molecule has 0 saturated heterocycles. The first-order valence-corrected chi connectivity index (χ1v) is 2.61. The first-order chi connectivity index (χ1) is 4.18. The lowest BCUT2D eigenvalue weighted by Gasteiger charge is -1.98. The minimum atomic E-state index is -1.52. The Bertz CT molecular complexity index is 94.6. The number of nitrogens with zero attached hydrogens (tertiary/aromatic N) is 1. The molecule has 0 aliphatic carbocycles. The van der Waals surface area contributed by atoms with E-state index in [2.05, 4.69) is 0 Å². The Morgan fingerprint density at radius 2 is 2.22 bits per heavy atom. The van der Waals surface area contributed by atoms with E-state index in [4.69, 9.17) is 10.2 Å². The highest BCUT2D eigenvalue weighted by molar-refractivity contribution is 4.39. The van der Waals surface area contributed by atoms with Gasteiger partial charge in [-0.2, -0.15) is 0 Å². The lowest BCUT2D eigenvalue weighted by Crippen LogP contribution is -2.18. The lowest BCUT2D eigenvalue weighted by molar-refractivity contribution is -0.571. The van der Waals surface area contributed by atoms with Gasteiger partial charge in [0.15, 0.2) is 0 Å². The van der Waals surface area contributed by atoms with Gasteiger partial charge in [-0.1, -0.05) is 0 Å². The van der Waals surface area contributed by atoms with E-state index < -0.39 is 11.2 Å². The highest BCUT2D eigenvalue weighted by Gasteiger charge is 2.12. The monoisotopic (exact) mass is 135 g/mol. The molecule has 0 heterocycles. The van der Waals surface area contributed by atoms with Gasteiger partial charge in [0, 0.05) is 13.0 Å². The van der Waals surface area contributed by atoms with E-state index in [0.717, 1.165) is 0 Å². The second kappa shape index (κ2) is 4.22. The van der Waals surface area contributed by atoms with Gasteiger partial charge in [-0.25, -0.2) is 0 Å². The molecule has 9 heavy (non-hydrogen) atoms. The Kier molecular flexibility index (Phi) is 3.90. The molecule has 0 amide bonds. The fourth-order valence-corrected chi connectivity index (χ4v) is 0.379. The second-order valence-electron chi connectivity index (χ2n) is 1.63. The van der Waals surface area contributed by atoms with Crippen molar-refractivity contribution in [2.24, 2.45) is 0 Å². The van der Waals surface area contributed by atoms with Crippen LogP contribution in [0.5, 0.6) is 0 Å². The van der Waals surface area contributed by atoms with Gasteiger partial charge >= 0.3 is 6.23 Å². The average molecular weight is 135 g/mol. The van der Waals surface area contributed by atoms with E-state index in [1.54, 1.807) is 0 Å². The smallest absolute Gasteiger partial charge is 0.313 e. The molecule has 5 nitrogen and oxygen atoms in total. The molecule has 54 valence electrons. The third-order valence-electron chi connectivity index (χ3n) is 0.864. The number of aliphatic hydroxyl groups is 2. The van der Waals surface area contributed by atoms with Gasteiger partial charge in [0.25, 0.3) is 0 Å². The molecule has 1 atom stereocenters. The largest absolute Gasteiger partial charge is 0.396 e. The van der Waals surface area contributed by atoms with Crippen molar-refractivity contribution in [3.05, 3.63) is 10.1 Å². The van der Waals surface area contributed by atoms with Crippen LogP contribution >= 0.6 is 0 Å². The van der Waals surface area contributed by atoms with E-state index >= 15 is 0 Å². The van der Waals surface area contributed by atoms with Crippen LogP contribution in [0.2, 0.25) is 0 Å². The summed E-state index contributed by atoms with van der Waals surface area (Å²) in [4.78, 5) is 8.90. The Morgan fingerprint density at radius 1 is 1.67 bits per heavy atom. The molecular weight excluding hydrogens is 126 g/mol. The number of rotatable bonds is 4. The zero-order chi connectivity index (χ0) is 7.28. The van der Waals surface area contributed by atoms with Crippen LogP contribution in [0.25, 0.3) is 0 Å². The molecule has 5 heteroatoms. The molecule has 0 spiro atoms. The molecule has 0 aliphatic heterocycles. The summed E-state index contributed by atoms with van der Waals surface area (Å²) in [5.74, 6) is 0. The molecule has 0 fully saturated rings. The van der Waals surface area contributed by atoms with Crippen LogP contribution in [-0.4, -0.2) is 28.0 Å². The van der Waals surface area contributed by atoms with Crippen LogP contribution < -0.4 is 0 Å². The quantitative estimate of drug-likeness (QED) is 0.305. The van der Waals surface area contributed by atoms with E-state index in [1.807, 2.05) is 0 Å². The summed E-state index contributed by atoms with van der Waals surface area (Å²) in [7, 11) is 0. The summed E-state index contributed by atoms with van der Waals surface area (Å²) < 4.78 is 0. The molecule has 0 bridgehead atoms. The minimum absolute atomic E-state index is 0.0174. The maximum Gasteiger partial charge on any atom is 0.313 e. The van der Waals surface area contributed by atoms with Gasteiger partial charge in [-0.3, -0.25) is 10.1 Å². The van der Waals surface area contributed by atoms with Gasteiger partial charge in [0.1, 0.15) is 0 Å². The highest BCUT2D eigenvalue weighted by Crippen LogP contribution is 1.95. The predicted molar refractivity (Wildman–Crippen MR) is 29.3 cm³/mol. The molecule has 2 N–H and O–H groups in total. The summed E-state index contributed by atoms with van der Waals surface area (Å²) in [6, 6.07) is 0. The molecular formula is C4H9NO4. The summed E-state index contributed by atoms with van der Waals surface area (Å²) in [5, 5.41) is 26.3. The Morgan fingerprint density at radius 3 is 2.56 bits per heavy atom. The van der Waals surface area contributed by atoms with Crippen LogP contribution in [0.1, 0.15) is 12.8 Å². The summed E-state index contributed by atoms with van der Waals surface area (Å²) in [5.41, 5.74) is 0. The predicted octanol–water partition coefficient (Wildman–Crippen LogP) is -0.646. The minimum Gasteiger partial charge on any atom is -0.396 e. The number of hydrogen-bond acceptors (Lipinski definition) is 4. The van der Waals surface area contributed by atoms with Gasteiger partial charge < -0.3 is 10.2 Å². The number of nitro groups is 1.